The highest BCUT2D eigenvalue weighted by Crippen LogP contribution is 2.34. The predicted molar refractivity (Wildman–Crippen MR) is 92.1 cm³/mol. The van der Waals surface area contributed by atoms with Gasteiger partial charge in [-0.05, 0) is 0 Å². The zero-order valence-electron chi connectivity index (χ0n) is 12.9. The Morgan fingerprint density at radius 3 is 2.13 bits per heavy atom. The fourth-order valence-electron chi connectivity index (χ4n) is 2.19. The summed E-state index contributed by atoms with van der Waals surface area (Å²) in [4.78, 5) is 22.9. The van der Waals surface area contributed by atoms with Crippen LogP contribution in [-0.2, 0) is 4.84 Å². The number of rotatable bonds is 4. The van der Waals surface area contributed by atoms with Gasteiger partial charge < -0.3 is 0 Å². The fourth-order valence-corrected chi connectivity index (χ4v) is 3.25. The summed E-state index contributed by atoms with van der Waals surface area (Å²) in [7, 11) is 3.07. The van der Waals surface area contributed by atoms with Crippen molar-refractivity contribution < 1.29 is 9.63 Å². The smallest absolute Gasteiger partial charge is 0.274 e. The van der Waals surface area contributed by atoms with Crippen molar-refractivity contribution in [2.45, 2.75) is 0 Å². The average molecular weight is 324 g/mol. The van der Waals surface area contributed by atoms with Crippen molar-refractivity contribution in [3.05, 3.63) is 65.5 Å². The van der Waals surface area contributed by atoms with Crippen LogP contribution in [0.2, 0.25) is 0 Å². The molecule has 5 heteroatoms. The predicted octanol–water partition coefficient (Wildman–Crippen LogP) is 4.11. The number of thiazole rings is 1. The highest BCUT2D eigenvalue weighted by molar-refractivity contribution is 7.17. The molecular weight excluding hydrogens is 308 g/mol. The van der Waals surface area contributed by atoms with Gasteiger partial charge >= 0.3 is 0 Å². The van der Waals surface area contributed by atoms with Crippen LogP contribution in [0.1, 0.15) is 9.67 Å². The van der Waals surface area contributed by atoms with Crippen molar-refractivity contribution in [3.8, 4) is 21.8 Å². The number of hydrogen-bond donors (Lipinski definition) is 0. The minimum atomic E-state index is -0.203. The minimum Gasteiger partial charge on any atom is -0.274 e. The fraction of sp³-hybridized carbons (Fsp3) is 0.111. The lowest BCUT2D eigenvalue weighted by atomic mass is 10.1. The summed E-state index contributed by atoms with van der Waals surface area (Å²) in [5.41, 5.74) is 2.59. The lowest BCUT2D eigenvalue weighted by molar-refractivity contribution is -0.0753. The van der Waals surface area contributed by atoms with E-state index in [1.165, 1.54) is 23.5 Å². The van der Waals surface area contributed by atoms with E-state index >= 15 is 0 Å². The Balaban J connectivity index is 2.13. The molecule has 0 spiro atoms. The van der Waals surface area contributed by atoms with Crippen LogP contribution in [0.5, 0.6) is 0 Å². The topological polar surface area (TPSA) is 42.4 Å². The van der Waals surface area contributed by atoms with Crippen molar-refractivity contribution in [1.82, 2.24) is 10.0 Å². The second kappa shape index (κ2) is 6.73. The van der Waals surface area contributed by atoms with Gasteiger partial charge in [-0.1, -0.05) is 60.7 Å². The number of nitrogens with zero attached hydrogens (tertiary/aromatic N) is 2. The molecule has 1 heterocycles. The molecule has 0 N–H and O–H groups in total. The van der Waals surface area contributed by atoms with Crippen molar-refractivity contribution in [2.75, 3.05) is 14.2 Å². The highest BCUT2D eigenvalue weighted by atomic mass is 32.1. The maximum absolute atomic E-state index is 12.6. The monoisotopic (exact) mass is 324 g/mol. The van der Waals surface area contributed by atoms with Gasteiger partial charge in [-0.2, -0.15) is 0 Å². The molecule has 0 aliphatic carbocycles. The molecule has 0 atom stereocenters. The van der Waals surface area contributed by atoms with Gasteiger partial charge in [0.15, 0.2) is 0 Å². The van der Waals surface area contributed by atoms with Crippen LogP contribution in [0, 0.1) is 0 Å². The molecule has 3 rings (SSSR count). The van der Waals surface area contributed by atoms with E-state index in [1.54, 1.807) is 7.05 Å². The van der Waals surface area contributed by atoms with E-state index < -0.39 is 0 Å². The molecule has 1 amide bonds. The van der Waals surface area contributed by atoms with Gasteiger partial charge in [0.05, 0.1) is 12.8 Å². The third-order valence-electron chi connectivity index (χ3n) is 3.45. The van der Waals surface area contributed by atoms with Crippen LogP contribution in [0.4, 0.5) is 0 Å². The summed E-state index contributed by atoms with van der Waals surface area (Å²) < 4.78 is 0. The van der Waals surface area contributed by atoms with Gasteiger partial charge in [0.1, 0.15) is 9.88 Å². The minimum absolute atomic E-state index is 0.203. The molecule has 0 aliphatic rings. The van der Waals surface area contributed by atoms with Crippen molar-refractivity contribution in [1.29, 1.82) is 0 Å². The van der Waals surface area contributed by atoms with Crippen LogP contribution in [0.25, 0.3) is 21.8 Å². The maximum atomic E-state index is 12.6. The van der Waals surface area contributed by atoms with E-state index in [0.29, 0.717) is 10.6 Å². The highest BCUT2D eigenvalue weighted by Gasteiger charge is 2.22. The summed E-state index contributed by atoms with van der Waals surface area (Å²) in [5, 5.41) is 2.03. The Labute approximate surface area is 138 Å². The molecule has 4 nitrogen and oxygen atoms in total. The van der Waals surface area contributed by atoms with E-state index in [2.05, 4.69) is 0 Å². The lowest BCUT2D eigenvalue weighted by Gasteiger charge is -2.12. The Morgan fingerprint density at radius 2 is 1.57 bits per heavy atom. The van der Waals surface area contributed by atoms with E-state index in [1.807, 2.05) is 60.7 Å². The van der Waals surface area contributed by atoms with Gasteiger partial charge in [-0.25, -0.2) is 10.0 Å². The first-order valence-electron chi connectivity index (χ1n) is 7.14. The molecule has 3 aromatic rings. The van der Waals surface area contributed by atoms with E-state index in [-0.39, 0.29) is 5.91 Å². The second-order valence-corrected chi connectivity index (χ2v) is 5.91. The van der Waals surface area contributed by atoms with Gasteiger partial charge in [-0.15, -0.1) is 11.3 Å². The first kappa shape index (κ1) is 15.4. The van der Waals surface area contributed by atoms with Crippen LogP contribution in [0.15, 0.2) is 60.7 Å². The zero-order valence-corrected chi connectivity index (χ0v) is 13.7. The first-order chi connectivity index (χ1) is 11.2. The third-order valence-corrected chi connectivity index (χ3v) is 4.54. The molecule has 0 saturated carbocycles. The van der Waals surface area contributed by atoms with Crippen molar-refractivity contribution in [3.63, 3.8) is 0 Å². The average Bonchev–Trinajstić information content (AvgIpc) is 3.07. The third kappa shape index (κ3) is 3.16. The van der Waals surface area contributed by atoms with E-state index in [0.717, 1.165) is 16.1 Å². The number of benzene rings is 2. The van der Waals surface area contributed by atoms with Crippen LogP contribution in [0.3, 0.4) is 0 Å². The van der Waals surface area contributed by atoms with Crippen LogP contribution >= 0.6 is 11.3 Å². The normalized spacial score (nSPS) is 10.5. The SMILES string of the molecule is CON(C)C(=O)c1sc(-c2ccccc2)nc1-c1ccccc1. The zero-order chi connectivity index (χ0) is 16.2. The first-order valence-corrected chi connectivity index (χ1v) is 7.96. The molecule has 0 fully saturated rings. The number of carbonyl (C=O) groups excluding carboxylic acids is 1. The summed E-state index contributed by atoms with van der Waals surface area (Å²) in [5.74, 6) is -0.203. The van der Waals surface area contributed by atoms with Gasteiger partial charge in [-0.3, -0.25) is 9.63 Å². The standard InChI is InChI=1S/C18H16N2O2S/c1-20(22-2)18(21)16-15(13-9-5-3-6-10-13)19-17(23-16)14-11-7-4-8-12-14/h3-12H,1-2H3. The number of amides is 1. The lowest BCUT2D eigenvalue weighted by Crippen LogP contribution is -2.25. The van der Waals surface area contributed by atoms with E-state index in [9.17, 15) is 4.79 Å². The molecular formula is C18H16N2O2S. The molecule has 0 saturated heterocycles. The summed E-state index contributed by atoms with van der Waals surface area (Å²) in [6, 6.07) is 19.6. The maximum Gasteiger partial charge on any atom is 0.289 e. The van der Waals surface area contributed by atoms with Gasteiger partial charge in [0.2, 0.25) is 0 Å². The Kier molecular flexibility index (Phi) is 4.50. The summed E-state index contributed by atoms with van der Waals surface area (Å²) >= 11 is 1.38. The Bertz CT molecular complexity index is 800. The molecule has 2 aromatic carbocycles. The van der Waals surface area contributed by atoms with E-state index in [4.69, 9.17) is 9.82 Å². The number of aromatic nitrogens is 1. The second-order valence-electron chi connectivity index (χ2n) is 4.91. The molecule has 0 unspecified atom stereocenters. The largest absolute Gasteiger partial charge is 0.289 e. The molecule has 0 aliphatic heterocycles. The molecule has 0 bridgehead atoms. The number of carbonyl (C=O) groups is 1. The summed E-state index contributed by atoms with van der Waals surface area (Å²) in [6.45, 7) is 0. The molecule has 0 radical (unpaired) electrons. The molecule has 23 heavy (non-hydrogen) atoms. The van der Waals surface area contributed by atoms with Crippen LogP contribution < -0.4 is 0 Å². The number of hydrogen-bond acceptors (Lipinski definition) is 4. The van der Waals surface area contributed by atoms with Crippen LogP contribution in [-0.4, -0.2) is 30.1 Å². The molecule has 116 valence electrons. The summed E-state index contributed by atoms with van der Waals surface area (Å²) in [6.07, 6.45) is 0. The van der Waals surface area contributed by atoms with Crippen molar-refractivity contribution >= 4 is 17.2 Å². The van der Waals surface area contributed by atoms with Gasteiger partial charge in [0, 0.05) is 18.2 Å². The Morgan fingerprint density at radius 1 is 1.00 bits per heavy atom. The Hall–Kier alpha value is -2.50. The van der Waals surface area contributed by atoms with Crippen molar-refractivity contribution in [2.24, 2.45) is 0 Å². The number of hydroxylamine groups is 2. The quantitative estimate of drug-likeness (QED) is 0.678. The van der Waals surface area contributed by atoms with Gasteiger partial charge in [0.25, 0.3) is 5.91 Å². The molecule has 1 aromatic heterocycles.